The highest BCUT2D eigenvalue weighted by Crippen LogP contribution is 2.23. The minimum absolute atomic E-state index is 0.172. The number of rotatable bonds is 6. The number of nitrogens with zero attached hydrogens (tertiary/aromatic N) is 4. The van der Waals surface area contributed by atoms with Crippen LogP contribution in [-0.2, 0) is 16.6 Å². The second-order valence-corrected chi connectivity index (χ2v) is 9.73. The van der Waals surface area contributed by atoms with Gasteiger partial charge in [-0.2, -0.15) is 4.31 Å². The van der Waals surface area contributed by atoms with Crippen LogP contribution < -0.4 is 5.32 Å². The first-order chi connectivity index (χ1) is 14.9. The van der Waals surface area contributed by atoms with Crippen LogP contribution in [0.1, 0.15) is 35.8 Å². The van der Waals surface area contributed by atoms with E-state index in [9.17, 15) is 13.2 Å². The molecule has 1 atom stereocenters. The monoisotopic (exact) mass is 439 g/mol. The van der Waals surface area contributed by atoms with E-state index in [2.05, 4.69) is 22.2 Å². The van der Waals surface area contributed by atoms with Gasteiger partial charge < -0.3 is 5.32 Å². The highest BCUT2D eigenvalue weighted by Gasteiger charge is 2.28. The summed E-state index contributed by atoms with van der Waals surface area (Å²) in [5.74, 6) is 0.551. The quantitative estimate of drug-likeness (QED) is 0.637. The second kappa shape index (κ2) is 8.99. The van der Waals surface area contributed by atoms with E-state index in [1.54, 1.807) is 22.9 Å². The normalized spacial score (nSPS) is 17.4. The lowest BCUT2D eigenvalue weighted by atomic mass is 10.0. The van der Waals surface area contributed by atoms with Gasteiger partial charge in [0.25, 0.3) is 5.91 Å². The van der Waals surface area contributed by atoms with Crippen molar-refractivity contribution >= 4 is 15.9 Å². The molecule has 1 saturated heterocycles. The molecule has 1 aliphatic rings. The molecule has 0 bridgehead atoms. The fraction of sp³-hybridized carbons (Fsp3) is 0.318. The maximum atomic E-state index is 12.9. The smallest absolute Gasteiger partial charge is 0.271 e. The number of piperidine rings is 1. The molecule has 0 radical (unpaired) electrons. The van der Waals surface area contributed by atoms with E-state index in [-0.39, 0.29) is 16.5 Å². The van der Waals surface area contributed by atoms with Crippen molar-refractivity contribution in [3.63, 3.8) is 0 Å². The molecule has 1 amide bonds. The summed E-state index contributed by atoms with van der Waals surface area (Å²) in [5, 5.41) is 2.83. The molecule has 1 N–H and O–H groups in total. The van der Waals surface area contributed by atoms with Crippen LogP contribution in [0.5, 0.6) is 0 Å². The third kappa shape index (κ3) is 4.83. The van der Waals surface area contributed by atoms with Crippen LogP contribution in [0.4, 0.5) is 0 Å². The summed E-state index contributed by atoms with van der Waals surface area (Å²) in [5.41, 5.74) is 1.26. The molecule has 3 heterocycles. The molecule has 0 unspecified atom stereocenters. The van der Waals surface area contributed by atoms with Gasteiger partial charge in [0.2, 0.25) is 10.0 Å². The Hall–Kier alpha value is -3.04. The molecule has 0 aliphatic carbocycles. The Morgan fingerprint density at radius 2 is 1.97 bits per heavy atom. The van der Waals surface area contributed by atoms with Gasteiger partial charge in [0, 0.05) is 32.0 Å². The fourth-order valence-corrected chi connectivity index (χ4v) is 5.17. The zero-order valence-corrected chi connectivity index (χ0v) is 18.1. The van der Waals surface area contributed by atoms with Crippen LogP contribution in [-0.4, -0.2) is 46.3 Å². The molecule has 1 fully saturated rings. The molecule has 162 valence electrons. The third-order valence-electron chi connectivity index (χ3n) is 5.35. The number of benzene rings is 1. The van der Waals surface area contributed by atoms with E-state index in [1.807, 2.05) is 30.3 Å². The maximum Gasteiger partial charge on any atom is 0.271 e. The van der Waals surface area contributed by atoms with Crippen molar-refractivity contribution in [2.24, 2.45) is 5.92 Å². The van der Waals surface area contributed by atoms with Gasteiger partial charge in [-0.1, -0.05) is 37.3 Å². The van der Waals surface area contributed by atoms with Gasteiger partial charge in [0.15, 0.2) is 0 Å². The zero-order valence-electron chi connectivity index (χ0n) is 17.3. The minimum atomic E-state index is -3.55. The number of hydrogen-bond acceptors (Lipinski definition) is 5. The zero-order chi connectivity index (χ0) is 21.8. The van der Waals surface area contributed by atoms with Gasteiger partial charge in [0.1, 0.15) is 22.7 Å². The summed E-state index contributed by atoms with van der Waals surface area (Å²) in [6, 6.07) is 12.8. The van der Waals surface area contributed by atoms with Gasteiger partial charge in [-0.25, -0.2) is 18.4 Å². The Labute approximate surface area is 182 Å². The average Bonchev–Trinajstić information content (AvgIpc) is 3.29. The van der Waals surface area contributed by atoms with Crippen LogP contribution in [0, 0.1) is 5.92 Å². The molecule has 2 aromatic heterocycles. The Balaban J connectivity index is 1.44. The first-order valence-corrected chi connectivity index (χ1v) is 11.7. The van der Waals surface area contributed by atoms with Gasteiger partial charge in [0.05, 0.1) is 0 Å². The van der Waals surface area contributed by atoms with Crippen molar-refractivity contribution in [3.05, 3.63) is 72.4 Å². The number of sulfonamides is 1. The van der Waals surface area contributed by atoms with Crippen LogP contribution in [0.25, 0.3) is 5.82 Å². The second-order valence-electron chi connectivity index (χ2n) is 7.80. The predicted octanol–water partition coefficient (Wildman–Crippen LogP) is 2.62. The lowest BCUT2D eigenvalue weighted by Crippen LogP contribution is -2.39. The number of aromatic nitrogens is 3. The third-order valence-corrected chi connectivity index (χ3v) is 7.20. The standard InChI is InChI=1S/C22H25N5O3S/c1-17-6-5-11-27(14-17)31(29,30)19-9-10-21(23-13-19)26-15-20(25-16-26)22(28)24-12-18-7-3-2-4-8-18/h2-4,7-10,13,15-17H,5-6,11-12,14H2,1H3,(H,24,28)/t17-/m0/s1. The van der Waals surface area contributed by atoms with E-state index in [1.165, 1.54) is 16.8 Å². The molecule has 31 heavy (non-hydrogen) atoms. The fourth-order valence-electron chi connectivity index (χ4n) is 3.63. The number of amides is 1. The molecule has 4 rings (SSSR count). The highest BCUT2D eigenvalue weighted by molar-refractivity contribution is 7.89. The van der Waals surface area contributed by atoms with Crippen molar-refractivity contribution < 1.29 is 13.2 Å². The number of carbonyl (C=O) groups is 1. The highest BCUT2D eigenvalue weighted by atomic mass is 32.2. The molecular formula is C22H25N5O3S. The summed E-state index contributed by atoms with van der Waals surface area (Å²) >= 11 is 0. The molecule has 0 saturated carbocycles. The average molecular weight is 440 g/mol. The molecule has 3 aromatic rings. The molecule has 9 heteroatoms. The van der Waals surface area contributed by atoms with Crippen molar-refractivity contribution in [2.75, 3.05) is 13.1 Å². The van der Waals surface area contributed by atoms with Crippen molar-refractivity contribution in [1.29, 1.82) is 0 Å². The summed E-state index contributed by atoms with van der Waals surface area (Å²) in [6.07, 6.45) is 6.34. The van der Waals surface area contributed by atoms with Crippen molar-refractivity contribution in [1.82, 2.24) is 24.2 Å². The van der Waals surface area contributed by atoms with E-state index in [0.29, 0.717) is 31.4 Å². The number of carbonyl (C=O) groups excluding carboxylic acids is 1. The Kier molecular flexibility index (Phi) is 6.15. The van der Waals surface area contributed by atoms with Gasteiger partial charge in [-0.05, 0) is 36.5 Å². The van der Waals surface area contributed by atoms with Crippen LogP contribution in [0.15, 0.2) is 66.1 Å². The molecule has 1 aromatic carbocycles. The Morgan fingerprint density at radius 3 is 2.68 bits per heavy atom. The number of hydrogen-bond donors (Lipinski definition) is 1. The summed E-state index contributed by atoms with van der Waals surface area (Å²) in [6.45, 7) is 3.55. The van der Waals surface area contributed by atoms with Crippen LogP contribution in [0.3, 0.4) is 0 Å². The van der Waals surface area contributed by atoms with E-state index in [0.717, 1.165) is 18.4 Å². The summed E-state index contributed by atoms with van der Waals surface area (Å²) in [4.78, 5) is 21.0. The van der Waals surface area contributed by atoms with Gasteiger partial charge >= 0.3 is 0 Å². The van der Waals surface area contributed by atoms with E-state index >= 15 is 0 Å². The number of nitrogens with one attached hydrogen (secondary N) is 1. The lowest BCUT2D eigenvalue weighted by Gasteiger charge is -2.29. The van der Waals surface area contributed by atoms with Crippen molar-refractivity contribution in [3.8, 4) is 5.82 Å². The molecule has 0 spiro atoms. The SMILES string of the molecule is C[C@H]1CCCN(S(=O)(=O)c2ccc(-n3cnc(C(=O)NCc4ccccc4)c3)nc2)C1. The molecule has 8 nitrogen and oxygen atoms in total. The lowest BCUT2D eigenvalue weighted by molar-refractivity contribution is 0.0946. The largest absolute Gasteiger partial charge is 0.347 e. The Bertz CT molecular complexity index is 1140. The first-order valence-electron chi connectivity index (χ1n) is 10.3. The maximum absolute atomic E-state index is 12.9. The molecular weight excluding hydrogens is 414 g/mol. The van der Waals surface area contributed by atoms with Crippen LogP contribution >= 0.6 is 0 Å². The van der Waals surface area contributed by atoms with E-state index < -0.39 is 10.0 Å². The number of imidazole rings is 1. The first kappa shape index (κ1) is 21.2. The Morgan fingerprint density at radius 1 is 1.16 bits per heavy atom. The minimum Gasteiger partial charge on any atom is -0.347 e. The van der Waals surface area contributed by atoms with Crippen molar-refractivity contribution in [2.45, 2.75) is 31.2 Å². The van der Waals surface area contributed by atoms with Crippen LogP contribution in [0.2, 0.25) is 0 Å². The predicted molar refractivity (Wildman–Crippen MR) is 116 cm³/mol. The van der Waals surface area contributed by atoms with E-state index in [4.69, 9.17) is 0 Å². The summed E-state index contributed by atoms with van der Waals surface area (Å²) in [7, 11) is -3.55. The molecule has 1 aliphatic heterocycles. The topological polar surface area (TPSA) is 97.2 Å². The summed E-state index contributed by atoms with van der Waals surface area (Å²) < 4.78 is 28.9. The number of pyridine rings is 1. The van der Waals surface area contributed by atoms with Gasteiger partial charge in [-0.3, -0.25) is 9.36 Å². The van der Waals surface area contributed by atoms with Gasteiger partial charge in [-0.15, -0.1) is 0 Å².